The van der Waals surface area contributed by atoms with Crippen molar-refractivity contribution in [3.63, 3.8) is 0 Å². The van der Waals surface area contributed by atoms with Gasteiger partial charge in [-0.1, -0.05) is 11.3 Å². The van der Waals surface area contributed by atoms with Gasteiger partial charge < -0.3 is 10.2 Å². The first-order chi connectivity index (χ1) is 7.99. The van der Waals surface area contributed by atoms with Crippen LogP contribution in [0.25, 0.3) is 0 Å². The molecule has 1 rings (SSSR count). The molecule has 1 N–H and O–H groups in total. The van der Waals surface area contributed by atoms with Gasteiger partial charge in [0.05, 0.1) is 5.69 Å². The van der Waals surface area contributed by atoms with Crippen molar-refractivity contribution in [3.8, 4) is 6.07 Å². The van der Waals surface area contributed by atoms with E-state index in [1.54, 1.807) is 33.0 Å². The van der Waals surface area contributed by atoms with Gasteiger partial charge in [-0.3, -0.25) is 4.79 Å². The molecule has 0 aliphatic rings. The Balaban J connectivity index is 3.11. The van der Waals surface area contributed by atoms with E-state index in [0.717, 1.165) is 0 Å². The predicted molar refractivity (Wildman–Crippen MR) is 68.1 cm³/mol. The number of allylic oxidation sites excluding steroid dienone is 1. The van der Waals surface area contributed by atoms with Gasteiger partial charge in [0.25, 0.3) is 0 Å². The lowest BCUT2D eigenvalue weighted by Gasteiger charge is -2.05. The van der Waals surface area contributed by atoms with Gasteiger partial charge in [0.1, 0.15) is 16.5 Å². The molecule has 90 valence electrons. The fourth-order valence-electron chi connectivity index (χ4n) is 1.23. The van der Waals surface area contributed by atoms with Crippen LogP contribution in [0.4, 0.5) is 5.13 Å². The van der Waals surface area contributed by atoms with E-state index in [9.17, 15) is 4.79 Å². The highest BCUT2D eigenvalue weighted by molar-refractivity contribution is 7.17. The molecule has 0 saturated heterocycles. The van der Waals surface area contributed by atoms with E-state index in [-0.39, 0.29) is 11.4 Å². The summed E-state index contributed by atoms with van der Waals surface area (Å²) in [6.45, 7) is 1.76. The average molecular weight is 250 g/mol. The maximum absolute atomic E-state index is 12.1. The molecular formula is C11H14N4OS. The SMILES string of the molecule is CNc1nc(C)c(C(=O)C(C#N)=CN(C)C)s1. The molecule has 1 heterocycles. The summed E-state index contributed by atoms with van der Waals surface area (Å²) >= 11 is 1.26. The summed E-state index contributed by atoms with van der Waals surface area (Å²) in [5, 5.41) is 12.5. The minimum absolute atomic E-state index is 0.115. The molecule has 0 radical (unpaired) electrons. The van der Waals surface area contributed by atoms with Gasteiger partial charge >= 0.3 is 0 Å². The smallest absolute Gasteiger partial charge is 0.216 e. The zero-order valence-corrected chi connectivity index (χ0v) is 11.1. The molecule has 0 aromatic carbocycles. The molecular weight excluding hydrogens is 236 g/mol. The first kappa shape index (κ1) is 13.2. The molecule has 0 atom stereocenters. The second kappa shape index (κ2) is 5.46. The fraction of sp³-hybridized carbons (Fsp3) is 0.364. The molecule has 1 aromatic heterocycles. The number of Topliss-reactive ketones (excluding diaryl/α,β-unsaturated/α-hetero) is 1. The number of nitriles is 1. The summed E-state index contributed by atoms with van der Waals surface area (Å²) in [6.07, 6.45) is 1.51. The van der Waals surface area contributed by atoms with Crippen molar-refractivity contribution >= 4 is 22.3 Å². The Kier molecular flexibility index (Phi) is 4.24. The van der Waals surface area contributed by atoms with Gasteiger partial charge in [-0.25, -0.2) is 4.98 Å². The van der Waals surface area contributed by atoms with Crippen LogP contribution in [0.5, 0.6) is 0 Å². The number of nitrogens with zero attached hydrogens (tertiary/aromatic N) is 3. The highest BCUT2D eigenvalue weighted by atomic mass is 32.1. The zero-order valence-electron chi connectivity index (χ0n) is 10.2. The van der Waals surface area contributed by atoms with E-state index < -0.39 is 0 Å². The lowest BCUT2D eigenvalue weighted by molar-refractivity contribution is 0.104. The number of aryl methyl sites for hydroxylation is 1. The Bertz CT molecular complexity index is 496. The van der Waals surface area contributed by atoms with E-state index in [1.165, 1.54) is 17.5 Å². The Morgan fingerprint density at radius 3 is 2.65 bits per heavy atom. The highest BCUT2D eigenvalue weighted by Crippen LogP contribution is 2.24. The van der Waals surface area contributed by atoms with Gasteiger partial charge in [-0.15, -0.1) is 0 Å². The first-order valence-corrected chi connectivity index (χ1v) is 5.79. The van der Waals surface area contributed by atoms with E-state index in [4.69, 9.17) is 5.26 Å². The zero-order chi connectivity index (χ0) is 13.0. The predicted octanol–water partition coefficient (Wildman–Crippen LogP) is 1.65. The number of carbonyl (C=O) groups is 1. The second-order valence-electron chi connectivity index (χ2n) is 3.63. The van der Waals surface area contributed by atoms with Crippen LogP contribution in [0.15, 0.2) is 11.8 Å². The van der Waals surface area contributed by atoms with E-state index in [1.807, 2.05) is 6.07 Å². The molecule has 0 unspecified atom stereocenters. The Morgan fingerprint density at radius 2 is 2.24 bits per heavy atom. The maximum atomic E-state index is 12.1. The van der Waals surface area contributed by atoms with Crippen LogP contribution in [-0.2, 0) is 0 Å². The van der Waals surface area contributed by atoms with Crippen molar-refractivity contribution in [2.45, 2.75) is 6.92 Å². The Hall–Kier alpha value is -1.87. The first-order valence-electron chi connectivity index (χ1n) is 4.97. The number of hydrogen-bond donors (Lipinski definition) is 1. The largest absolute Gasteiger partial charge is 0.382 e. The quantitative estimate of drug-likeness (QED) is 0.500. The second-order valence-corrected chi connectivity index (χ2v) is 4.63. The molecule has 0 bridgehead atoms. The van der Waals surface area contributed by atoms with E-state index in [0.29, 0.717) is 15.7 Å². The number of ketones is 1. The summed E-state index contributed by atoms with van der Waals surface area (Å²) in [5.41, 5.74) is 0.758. The fourth-order valence-corrected chi connectivity index (χ4v) is 2.11. The lowest BCUT2D eigenvalue weighted by Crippen LogP contribution is -2.08. The molecule has 17 heavy (non-hydrogen) atoms. The van der Waals surface area contributed by atoms with Crippen molar-refractivity contribution in [1.29, 1.82) is 5.26 Å². The molecule has 6 heteroatoms. The topological polar surface area (TPSA) is 69.0 Å². The Labute approximate surface area is 104 Å². The number of carbonyl (C=O) groups excluding carboxylic acids is 1. The average Bonchev–Trinajstić information content (AvgIpc) is 2.66. The number of thiazole rings is 1. The number of hydrogen-bond acceptors (Lipinski definition) is 6. The standard InChI is InChI=1S/C11H14N4OS/c1-7-10(17-11(13-2)14-7)9(16)8(5-12)6-15(3)4/h6H,1-4H3,(H,13,14). The molecule has 1 aromatic rings. The molecule has 0 fully saturated rings. The number of anilines is 1. The van der Waals surface area contributed by atoms with Crippen molar-refractivity contribution in [2.75, 3.05) is 26.5 Å². The summed E-state index contributed by atoms with van der Waals surface area (Å²) in [4.78, 5) is 18.4. The molecule has 0 spiro atoms. The molecule has 0 saturated carbocycles. The molecule has 5 nitrogen and oxygen atoms in total. The van der Waals surface area contributed by atoms with E-state index >= 15 is 0 Å². The van der Waals surface area contributed by atoms with Crippen LogP contribution in [0.2, 0.25) is 0 Å². The summed E-state index contributed by atoms with van der Waals surface area (Å²) in [5.74, 6) is -0.280. The number of aromatic nitrogens is 1. The molecule has 0 aliphatic carbocycles. The summed E-state index contributed by atoms with van der Waals surface area (Å²) in [6, 6.07) is 1.91. The van der Waals surface area contributed by atoms with Crippen molar-refractivity contribution in [1.82, 2.24) is 9.88 Å². The maximum Gasteiger partial charge on any atom is 0.216 e. The number of rotatable bonds is 4. The van der Waals surface area contributed by atoms with Gasteiger partial charge in [0, 0.05) is 27.3 Å². The Morgan fingerprint density at radius 1 is 1.59 bits per heavy atom. The van der Waals surface area contributed by atoms with Gasteiger partial charge in [-0.2, -0.15) is 5.26 Å². The molecule has 0 amide bonds. The lowest BCUT2D eigenvalue weighted by atomic mass is 10.1. The summed E-state index contributed by atoms with van der Waals surface area (Å²) in [7, 11) is 5.28. The van der Waals surface area contributed by atoms with Crippen molar-refractivity contribution < 1.29 is 4.79 Å². The number of nitrogens with one attached hydrogen (secondary N) is 1. The highest BCUT2D eigenvalue weighted by Gasteiger charge is 2.19. The normalized spacial score (nSPS) is 10.9. The molecule has 0 aliphatic heterocycles. The van der Waals surface area contributed by atoms with Crippen LogP contribution < -0.4 is 5.32 Å². The van der Waals surface area contributed by atoms with Crippen LogP contribution in [0, 0.1) is 18.3 Å². The third kappa shape index (κ3) is 3.04. The van der Waals surface area contributed by atoms with E-state index in [2.05, 4.69) is 10.3 Å². The van der Waals surface area contributed by atoms with Crippen molar-refractivity contribution in [2.24, 2.45) is 0 Å². The van der Waals surface area contributed by atoms with Crippen LogP contribution in [0.3, 0.4) is 0 Å². The van der Waals surface area contributed by atoms with Gasteiger partial charge in [-0.05, 0) is 6.92 Å². The third-order valence-electron chi connectivity index (χ3n) is 1.97. The minimum Gasteiger partial charge on any atom is -0.382 e. The minimum atomic E-state index is -0.280. The van der Waals surface area contributed by atoms with Crippen molar-refractivity contribution in [3.05, 3.63) is 22.3 Å². The monoisotopic (exact) mass is 250 g/mol. The van der Waals surface area contributed by atoms with Gasteiger partial charge in [0.15, 0.2) is 5.13 Å². The third-order valence-corrected chi connectivity index (χ3v) is 3.14. The van der Waals surface area contributed by atoms with Crippen LogP contribution in [0.1, 0.15) is 15.4 Å². The van der Waals surface area contributed by atoms with Gasteiger partial charge in [0.2, 0.25) is 5.78 Å². The summed E-state index contributed by atoms with van der Waals surface area (Å²) < 4.78 is 0. The van der Waals surface area contributed by atoms with Crippen LogP contribution >= 0.6 is 11.3 Å². The van der Waals surface area contributed by atoms with Crippen LogP contribution in [-0.4, -0.2) is 36.8 Å².